The smallest absolute Gasteiger partial charge is 0.127 e. The van der Waals surface area contributed by atoms with Gasteiger partial charge < -0.3 is 5.73 Å². The summed E-state index contributed by atoms with van der Waals surface area (Å²) in [6.07, 6.45) is 7.89. The number of rotatable bonds is 0. The van der Waals surface area contributed by atoms with Crippen molar-refractivity contribution in [3.63, 3.8) is 0 Å². The van der Waals surface area contributed by atoms with Crippen LogP contribution in [0.25, 0.3) is 0 Å². The van der Waals surface area contributed by atoms with Gasteiger partial charge in [0, 0.05) is 0 Å². The number of hydrogen-bond donors (Lipinski definition) is 1. The summed E-state index contributed by atoms with van der Waals surface area (Å²) >= 11 is 0. The van der Waals surface area contributed by atoms with Crippen LogP contribution in [0.15, 0.2) is 0 Å². The Hall–Kier alpha value is 0.0249. The van der Waals surface area contributed by atoms with E-state index in [4.69, 9.17) is 5.73 Å². The summed E-state index contributed by atoms with van der Waals surface area (Å²) in [5.41, 5.74) is 6.24. The van der Waals surface area contributed by atoms with Crippen LogP contribution in [-0.4, -0.2) is 13.3 Å². The predicted molar refractivity (Wildman–Crippen MR) is 52.3 cm³/mol. The van der Waals surface area contributed by atoms with Gasteiger partial charge in [-0.25, -0.2) is 0 Å². The van der Waals surface area contributed by atoms with Gasteiger partial charge >= 0.3 is 0 Å². The van der Waals surface area contributed by atoms with E-state index in [0.717, 1.165) is 5.92 Å². The Morgan fingerprint density at radius 3 is 2.73 bits per heavy atom. The van der Waals surface area contributed by atoms with Crippen molar-refractivity contribution in [1.82, 2.24) is 0 Å². The van der Waals surface area contributed by atoms with Crippen LogP contribution < -0.4 is 5.73 Å². The fourth-order valence-electron chi connectivity index (χ4n) is 1.87. The molecular weight excluding hydrogens is 133 g/mol. The van der Waals surface area contributed by atoms with Gasteiger partial charge in [0.05, 0.1) is 0 Å². The highest BCUT2D eigenvalue weighted by Gasteiger charge is 2.20. The first-order valence-corrected chi connectivity index (χ1v) is 4.89. The van der Waals surface area contributed by atoms with Crippen molar-refractivity contribution in [2.24, 2.45) is 11.7 Å². The average molecular weight is 153 g/mol. The van der Waals surface area contributed by atoms with Crippen molar-refractivity contribution >= 4 is 7.85 Å². The minimum atomic E-state index is 0.134. The van der Waals surface area contributed by atoms with Gasteiger partial charge in [0.1, 0.15) is 7.85 Å². The van der Waals surface area contributed by atoms with Crippen molar-refractivity contribution in [2.75, 3.05) is 0 Å². The van der Waals surface area contributed by atoms with Crippen molar-refractivity contribution in [1.29, 1.82) is 0 Å². The molecule has 2 N–H and O–H groups in total. The van der Waals surface area contributed by atoms with E-state index in [1.54, 1.807) is 0 Å². The summed E-state index contributed by atoms with van der Waals surface area (Å²) in [6, 6.07) is 0. The normalized spacial score (nSPS) is 41.1. The molecule has 0 aromatic carbocycles. The molecule has 0 aromatic rings. The van der Waals surface area contributed by atoms with Gasteiger partial charge in [-0.2, -0.15) is 0 Å². The topological polar surface area (TPSA) is 26.0 Å². The average Bonchev–Trinajstić information content (AvgIpc) is 1.92. The van der Waals surface area contributed by atoms with E-state index in [9.17, 15) is 0 Å². The van der Waals surface area contributed by atoms with Crippen molar-refractivity contribution in [3.8, 4) is 0 Å². The minimum absolute atomic E-state index is 0.134. The molecule has 0 aromatic heterocycles. The summed E-state index contributed by atoms with van der Waals surface area (Å²) in [4.78, 5) is 0. The van der Waals surface area contributed by atoms with E-state index in [1.165, 1.54) is 38.5 Å². The summed E-state index contributed by atoms with van der Waals surface area (Å²) in [6.45, 7) is 2.35. The van der Waals surface area contributed by atoms with Gasteiger partial charge in [-0.15, -0.1) is 0 Å². The molecule has 1 aliphatic rings. The van der Waals surface area contributed by atoms with E-state index in [-0.39, 0.29) is 5.44 Å². The predicted octanol–water partition coefficient (Wildman–Crippen LogP) is 1.26. The van der Waals surface area contributed by atoms with Crippen molar-refractivity contribution in [3.05, 3.63) is 0 Å². The van der Waals surface area contributed by atoms with E-state index >= 15 is 0 Å². The highest BCUT2D eigenvalue weighted by atomic mass is 14.7. The summed E-state index contributed by atoms with van der Waals surface area (Å²) in [5.74, 6) is 0.901. The molecule has 2 heteroatoms. The lowest BCUT2D eigenvalue weighted by atomic mass is 9.69. The molecule has 2 unspecified atom stereocenters. The Kier molecular flexibility index (Phi) is 3.00. The summed E-state index contributed by atoms with van der Waals surface area (Å²) < 4.78 is 0. The van der Waals surface area contributed by atoms with Crippen molar-refractivity contribution < 1.29 is 0 Å². The molecule has 0 spiro atoms. The van der Waals surface area contributed by atoms with Crippen LogP contribution in [0.1, 0.15) is 45.4 Å². The first-order chi connectivity index (χ1) is 5.10. The molecule has 1 aliphatic carbocycles. The van der Waals surface area contributed by atoms with Crippen LogP contribution in [0.4, 0.5) is 0 Å². The second-order valence-corrected chi connectivity index (χ2v) is 4.54. The van der Waals surface area contributed by atoms with Crippen LogP contribution in [0.2, 0.25) is 0 Å². The second-order valence-electron chi connectivity index (χ2n) is 4.54. The first kappa shape index (κ1) is 9.12. The van der Waals surface area contributed by atoms with Crippen LogP contribution in [0.3, 0.4) is 0 Å². The molecule has 0 saturated heterocycles. The molecule has 0 heterocycles. The third kappa shape index (κ3) is 3.28. The quantitative estimate of drug-likeness (QED) is 0.521. The molecule has 11 heavy (non-hydrogen) atoms. The van der Waals surface area contributed by atoms with Crippen molar-refractivity contribution in [2.45, 2.75) is 50.9 Å². The number of nitrogens with two attached hydrogens (primary N) is 1. The fraction of sp³-hybridized carbons (Fsp3) is 1.00. The van der Waals surface area contributed by atoms with Gasteiger partial charge in [-0.1, -0.05) is 26.2 Å². The standard InChI is InChI=1S/C9H20BN/c1-8-4-2-3-6-9(10,11)7-5-8/h8H,2-7,10-11H2,1H3. The van der Waals surface area contributed by atoms with Crippen LogP contribution in [0.5, 0.6) is 0 Å². The SMILES string of the molecule is BC1(N)CCCCC(C)CC1. The zero-order valence-corrected chi connectivity index (χ0v) is 7.90. The second kappa shape index (κ2) is 3.62. The monoisotopic (exact) mass is 153 g/mol. The molecular formula is C9H20BN. The van der Waals surface area contributed by atoms with Gasteiger partial charge in [0.25, 0.3) is 0 Å². The van der Waals surface area contributed by atoms with Crippen LogP contribution >= 0.6 is 0 Å². The fourth-order valence-corrected chi connectivity index (χ4v) is 1.87. The zero-order chi connectivity index (χ0) is 8.32. The summed E-state index contributed by atoms with van der Waals surface area (Å²) in [7, 11) is 2.20. The number of hydrogen-bond acceptors (Lipinski definition) is 1. The largest absolute Gasteiger partial charge is 0.332 e. The molecule has 1 fully saturated rings. The maximum absolute atomic E-state index is 6.11. The first-order valence-electron chi connectivity index (χ1n) is 4.89. The summed E-state index contributed by atoms with van der Waals surface area (Å²) in [5, 5.41) is 0. The van der Waals surface area contributed by atoms with Crippen LogP contribution in [0, 0.1) is 5.92 Å². The lowest BCUT2D eigenvalue weighted by molar-refractivity contribution is 0.351. The van der Waals surface area contributed by atoms with Gasteiger partial charge in [-0.3, -0.25) is 0 Å². The van der Waals surface area contributed by atoms with Crippen LogP contribution in [-0.2, 0) is 0 Å². The lowest BCUT2D eigenvalue weighted by Crippen LogP contribution is -2.41. The van der Waals surface area contributed by atoms with Gasteiger partial charge in [-0.05, 0) is 30.6 Å². The van der Waals surface area contributed by atoms with E-state index in [0.29, 0.717) is 0 Å². The maximum Gasteiger partial charge on any atom is 0.127 e. The molecule has 1 rings (SSSR count). The Balaban J connectivity index is 2.38. The highest BCUT2D eigenvalue weighted by molar-refractivity contribution is 6.15. The van der Waals surface area contributed by atoms with E-state index in [1.807, 2.05) is 0 Å². The molecule has 0 bridgehead atoms. The maximum atomic E-state index is 6.11. The Labute approximate surface area is 71.1 Å². The molecule has 1 nitrogen and oxygen atoms in total. The molecule has 64 valence electrons. The molecule has 0 radical (unpaired) electrons. The Morgan fingerprint density at radius 1 is 1.27 bits per heavy atom. The third-order valence-corrected chi connectivity index (χ3v) is 2.90. The molecule has 0 aliphatic heterocycles. The Morgan fingerprint density at radius 2 is 2.00 bits per heavy atom. The van der Waals surface area contributed by atoms with E-state index in [2.05, 4.69) is 14.8 Å². The van der Waals surface area contributed by atoms with E-state index < -0.39 is 0 Å². The minimum Gasteiger partial charge on any atom is -0.332 e. The van der Waals surface area contributed by atoms with Gasteiger partial charge in [0.15, 0.2) is 0 Å². The zero-order valence-electron chi connectivity index (χ0n) is 7.90. The van der Waals surface area contributed by atoms with Gasteiger partial charge in [0.2, 0.25) is 0 Å². The molecule has 0 amide bonds. The lowest BCUT2D eigenvalue weighted by Gasteiger charge is -2.29. The molecule has 1 saturated carbocycles. The highest BCUT2D eigenvalue weighted by Crippen LogP contribution is 2.25. The molecule has 2 atom stereocenters. The Bertz CT molecular complexity index is 123. The third-order valence-electron chi connectivity index (χ3n) is 2.90.